The fourth-order valence-corrected chi connectivity index (χ4v) is 1.83. The molecule has 0 aliphatic carbocycles. The molecule has 0 heterocycles. The Morgan fingerprint density at radius 1 is 1.14 bits per heavy atom. The number of hydrogen-bond acceptors (Lipinski definition) is 4. The van der Waals surface area contributed by atoms with Crippen molar-refractivity contribution in [2.75, 3.05) is 19.0 Å². The summed E-state index contributed by atoms with van der Waals surface area (Å²) in [5.74, 6) is 0.808. The molecule has 0 aromatic heterocycles. The van der Waals surface area contributed by atoms with Crippen LogP contribution in [0.25, 0.3) is 0 Å². The van der Waals surface area contributed by atoms with Crippen LogP contribution < -0.4 is 14.8 Å². The summed E-state index contributed by atoms with van der Waals surface area (Å²) in [7, 11) is 1.54. The highest BCUT2D eigenvalue weighted by atomic mass is 16.5. The number of benzene rings is 2. The normalized spacial score (nSPS) is 10.0. The first-order chi connectivity index (χ1) is 10.2. The first-order valence-corrected chi connectivity index (χ1v) is 6.48. The summed E-state index contributed by atoms with van der Waals surface area (Å²) in [4.78, 5) is 11.8. The summed E-state index contributed by atoms with van der Waals surface area (Å²) in [6.45, 7) is -0.189. The lowest BCUT2D eigenvalue weighted by molar-refractivity contribution is -0.118. The van der Waals surface area contributed by atoms with Gasteiger partial charge in [0.15, 0.2) is 18.1 Å². The van der Waals surface area contributed by atoms with Crippen LogP contribution in [0.1, 0.15) is 5.56 Å². The topological polar surface area (TPSA) is 67.8 Å². The van der Waals surface area contributed by atoms with Gasteiger partial charge in [0.2, 0.25) is 0 Å². The van der Waals surface area contributed by atoms with Crippen LogP contribution in [0.2, 0.25) is 0 Å². The summed E-state index contributed by atoms with van der Waals surface area (Å²) < 4.78 is 10.6. The lowest BCUT2D eigenvalue weighted by Gasteiger charge is -2.10. The van der Waals surface area contributed by atoms with Crippen molar-refractivity contribution < 1.29 is 19.4 Å². The number of rotatable bonds is 6. The summed E-state index contributed by atoms with van der Waals surface area (Å²) in [6.07, 6.45) is 0. The molecule has 2 aromatic carbocycles. The van der Waals surface area contributed by atoms with Gasteiger partial charge < -0.3 is 19.9 Å². The molecule has 0 unspecified atom stereocenters. The van der Waals surface area contributed by atoms with Crippen molar-refractivity contribution in [2.24, 2.45) is 0 Å². The molecular weight excluding hydrogens is 270 g/mol. The van der Waals surface area contributed by atoms with Crippen LogP contribution >= 0.6 is 0 Å². The smallest absolute Gasteiger partial charge is 0.262 e. The fraction of sp³-hybridized carbons (Fsp3) is 0.188. The van der Waals surface area contributed by atoms with Gasteiger partial charge >= 0.3 is 0 Å². The molecular formula is C16H17NO4. The van der Waals surface area contributed by atoms with Crippen LogP contribution in [-0.2, 0) is 11.4 Å². The van der Waals surface area contributed by atoms with Gasteiger partial charge in [-0.2, -0.15) is 0 Å². The summed E-state index contributed by atoms with van der Waals surface area (Å²) >= 11 is 0. The van der Waals surface area contributed by atoms with E-state index in [0.717, 1.165) is 5.56 Å². The molecule has 0 aliphatic heterocycles. The van der Waals surface area contributed by atoms with Crippen LogP contribution in [0, 0.1) is 0 Å². The van der Waals surface area contributed by atoms with Gasteiger partial charge in [-0.05, 0) is 29.8 Å². The molecule has 0 saturated heterocycles. The number of para-hydroxylation sites is 2. The summed E-state index contributed by atoms with van der Waals surface area (Å²) in [5.41, 5.74) is 1.36. The molecule has 110 valence electrons. The second-order valence-electron chi connectivity index (χ2n) is 4.35. The molecule has 0 aliphatic rings. The van der Waals surface area contributed by atoms with Crippen molar-refractivity contribution in [1.82, 2.24) is 0 Å². The van der Waals surface area contributed by atoms with Gasteiger partial charge in [0.1, 0.15) is 0 Å². The Morgan fingerprint density at radius 3 is 2.62 bits per heavy atom. The molecule has 0 radical (unpaired) electrons. The predicted octanol–water partition coefficient (Wildman–Crippen LogP) is 2.21. The lowest BCUT2D eigenvalue weighted by Crippen LogP contribution is -2.20. The van der Waals surface area contributed by atoms with E-state index in [9.17, 15) is 4.79 Å². The SMILES string of the molecule is COc1ccccc1OCC(=O)Nc1cccc(CO)c1. The Balaban J connectivity index is 1.92. The van der Waals surface area contributed by atoms with E-state index in [1.54, 1.807) is 49.6 Å². The highest BCUT2D eigenvalue weighted by Gasteiger charge is 2.07. The molecule has 2 aromatic rings. The molecule has 1 amide bonds. The van der Waals surface area contributed by atoms with Crippen LogP contribution in [0.4, 0.5) is 5.69 Å². The molecule has 2 rings (SSSR count). The Labute approximate surface area is 123 Å². The minimum atomic E-state index is -0.281. The third kappa shape index (κ3) is 4.22. The van der Waals surface area contributed by atoms with Gasteiger partial charge in [-0.1, -0.05) is 24.3 Å². The Hall–Kier alpha value is -2.53. The number of aliphatic hydroxyl groups excluding tert-OH is 1. The maximum Gasteiger partial charge on any atom is 0.262 e. The number of carbonyl (C=O) groups excluding carboxylic acids is 1. The summed E-state index contributed by atoms with van der Waals surface area (Å²) in [5, 5.41) is 11.8. The van der Waals surface area contributed by atoms with E-state index in [0.29, 0.717) is 17.2 Å². The van der Waals surface area contributed by atoms with E-state index in [1.807, 2.05) is 6.07 Å². The first-order valence-electron chi connectivity index (χ1n) is 6.48. The van der Waals surface area contributed by atoms with Crippen molar-refractivity contribution in [3.8, 4) is 11.5 Å². The van der Waals surface area contributed by atoms with Crippen molar-refractivity contribution in [2.45, 2.75) is 6.61 Å². The van der Waals surface area contributed by atoms with Gasteiger partial charge in [0.25, 0.3) is 5.91 Å². The summed E-state index contributed by atoms with van der Waals surface area (Å²) in [6, 6.07) is 14.1. The Kier molecular flexibility index (Phi) is 5.17. The van der Waals surface area contributed by atoms with E-state index in [1.165, 1.54) is 0 Å². The highest BCUT2D eigenvalue weighted by Crippen LogP contribution is 2.25. The number of ether oxygens (including phenoxy) is 2. The molecule has 0 atom stereocenters. The fourth-order valence-electron chi connectivity index (χ4n) is 1.83. The average Bonchev–Trinajstić information content (AvgIpc) is 2.53. The zero-order valence-electron chi connectivity index (χ0n) is 11.7. The third-order valence-electron chi connectivity index (χ3n) is 2.82. The van der Waals surface area contributed by atoms with E-state index in [2.05, 4.69) is 5.32 Å². The van der Waals surface area contributed by atoms with Crippen molar-refractivity contribution in [3.05, 3.63) is 54.1 Å². The molecule has 5 nitrogen and oxygen atoms in total. The number of anilines is 1. The molecule has 21 heavy (non-hydrogen) atoms. The lowest BCUT2D eigenvalue weighted by atomic mass is 10.2. The van der Waals surface area contributed by atoms with Gasteiger partial charge in [-0.15, -0.1) is 0 Å². The minimum Gasteiger partial charge on any atom is -0.493 e. The highest BCUT2D eigenvalue weighted by molar-refractivity contribution is 5.91. The van der Waals surface area contributed by atoms with Crippen LogP contribution in [-0.4, -0.2) is 24.7 Å². The van der Waals surface area contributed by atoms with Gasteiger partial charge in [-0.3, -0.25) is 4.79 Å². The van der Waals surface area contributed by atoms with Crippen LogP contribution in [0.15, 0.2) is 48.5 Å². The van der Waals surface area contributed by atoms with E-state index in [-0.39, 0.29) is 19.1 Å². The van der Waals surface area contributed by atoms with Gasteiger partial charge in [0, 0.05) is 5.69 Å². The number of nitrogens with one attached hydrogen (secondary N) is 1. The number of hydrogen-bond donors (Lipinski definition) is 2. The molecule has 0 fully saturated rings. The van der Waals surface area contributed by atoms with Crippen LogP contribution in [0.3, 0.4) is 0 Å². The van der Waals surface area contributed by atoms with E-state index >= 15 is 0 Å². The molecule has 0 bridgehead atoms. The van der Waals surface area contributed by atoms with Crippen molar-refractivity contribution >= 4 is 11.6 Å². The largest absolute Gasteiger partial charge is 0.493 e. The Morgan fingerprint density at radius 2 is 1.90 bits per heavy atom. The quantitative estimate of drug-likeness (QED) is 0.854. The number of aliphatic hydroxyl groups is 1. The van der Waals surface area contributed by atoms with Crippen LogP contribution in [0.5, 0.6) is 11.5 Å². The molecule has 0 spiro atoms. The van der Waals surface area contributed by atoms with Crippen molar-refractivity contribution in [1.29, 1.82) is 0 Å². The second-order valence-corrected chi connectivity index (χ2v) is 4.35. The zero-order chi connectivity index (χ0) is 15.1. The molecule has 0 saturated carbocycles. The second kappa shape index (κ2) is 7.31. The molecule has 5 heteroatoms. The zero-order valence-corrected chi connectivity index (χ0v) is 11.7. The molecule has 2 N–H and O–H groups in total. The third-order valence-corrected chi connectivity index (χ3v) is 2.82. The maximum atomic E-state index is 11.8. The van der Waals surface area contributed by atoms with E-state index in [4.69, 9.17) is 14.6 Å². The number of carbonyl (C=O) groups is 1. The monoisotopic (exact) mass is 287 g/mol. The average molecular weight is 287 g/mol. The number of methoxy groups -OCH3 is 1. The van der Waals surface area contributed by atoms with Gasteiger partial charge in [-0.25, -0.2) is 0 Å². The minimum absolute atomic E-state index is 0.0680. The predicted molar refractivity (Wildman–Crippen MR) is 79.5 cm³/mol. The van der Waals surface area contributed by atoms with Gasteiger partial charge in [0.05, 0.1) is 13.7 Å². The van der Waals surface area contributed by atoms with E-state index < -0.39 is 0 Å². The Bertz CT molecular complexity index is 613. The maximum absolute atomic E-state index is 11.8. The standard InChI is InChI=1S/C16H17NO4/c1-20-14-7-2-3-8-15(14)21-11-16(19)17-13-6-4-5-12(9-13)10-18/h2-9,18H,10-11H2,1H3,(H,17,19). The first kappa shape index (κ1) is 14.9. The van der Waals surface area contributed by atoms with Crippen molar-refractivity contribution in [3.63, 3.8) is 0 Å². The number of amides is 1.